The van der Waals surface area contributed by atoms with E-state index in [4.69, 9.17) is 0 Å². The molecule has 0 saturated carbocycles. The number of anilines is 1. The fourth-order valence-electron chi connectivity index (χ4n) is 1.88. The van der Waals surface area contributed by atoms with Crippen molar-refractivity contribution in [2.75, 3.05) is 11.6 Å². The molecule has 1 aromatic carbocycles. The van der Waals surface area contributed by atoms with E-state index >= 15 is 0 Å². The van der Waals surface area contributed by atoms with Gasteiger partial charge in [-0.05, 0) is 49.7 Å². The summed E-state index contributed by atoms with van der Waals surface area (Å²) < 4.78 is 22.7. The number of aryl methyl sites for hydroxylation is 2. The third-order valence-electron chi connectivity index (χ3n) is 2.91. The first-order valence-corrected chi connectivity index (χ1v) is 8.67. The van der Waals surface area contributed by atoms with Gasteiger partial charge >= 0.3 is 0 Å². The van der Waals surface area contributed by atoms with Crippen molar-refractivity contribution in [1.82, 2.24) is 0 Å². The number of hydrogen-bond acceptors (Lipinski definition) is 4. The van der Waals surface area contributed by atoms with E-state index in [1.165, 1.54) is 21.6 Å². The van der Waals surface area contributed by atoms with Gasteiger partial charge in [0.2, 0.25) is 0 Å². The van der Waals surface area contributed by atoms with Crippen LogP contribution in [0.25, 0.3) is 0 Å². The molecule has 0 aliphatic rings. The molecule has 0 aliphatic carbocycles. The highest BCUT2D eigenvalue weighted by Crippen LogP contribution is 2.22. The summed E-state index contributed by atoms with van der Waals surface area (Å²) in [6, 6.07) is 9.03. The summed E-state index contributed by atoms with van der Waals surface area (Å²) in [5.74, 6) is 0. The summed E-state index contributed by atoms with van der Waals surface area (Å²) >= 11 is 1.79. The Bertz CT molecular complexity index is 670. The SMILES string of the molecule is Cc1cc(CNc2ccc(S(C)(=O)=O)cc2)c(C)s1. The third-order valence-corrected chi connectivity index (χ3v) is 5.05. The number of thiophene rings is 1. The van der Waals surface area contributed by atoms with Crippen LogP contribution in [0.4, 0.5) is 5.69 Å². The van der Waals surface area contributed by atoms with Gasteiger partial charge in [-0.25, -0.2) is 8.42 Å². The summed E-state index contributed by atoms with van der Waals surface area (Å²) in [5, 5.41) is 3.31. The van der Waals surface area contributed by atoms with Crippen molar-refractivity contribution < 1.29 is 8.42 Å². The fraction of sp³-hybridized carbons (Fsp3) is 0.286. The second-order valence-corrected chi connectivity index (χ2v) is 8.06. The normalized spacial score (nSPS) is 11.5. The van der Waals surface area contributed by atoms with Gasteiger partial charge < -0.3 is 5.32 Å². The van der Waals surface area contributed by atoms with Crippen molar-refractivity contribution in [2.24, 2.45) is 0 Å². The number of rotatable bonds is 4. The highest BCUT2D eigenvalue weighted by molar-refractivity contribution is 7.90. The molecule has 0 unspecified atom stereocenters. The standard InChI is InChI=1S/C14H17NO2S2/c1-10-8-12(11(2)18-10)9-15-13-4-6-14(7-5-13)19(3,16)17/h4-8,15H,9H2,1-3H3. The van der Waals surface area contributed by atoms with Crippen LogP contribution in [0, 0.1) is 13.8 Å². The summed E-state index contributed by atoms with van der Waals surface area (Å²) in [7, 11) is -3.12. The van der Waals surface area contributed by atoms with E-state index in [1.54, 1.807) is 35.6 Å². The minimum atomic E-state index is -3.12. The van der Waals surface area contributed by atoms with E-state index in [0.717, 1.165) is 12.2 Å². The molecule has 2 aromatic rings. The van der Waals surface area contributed by atoms with Crippen molar-refractivity contribution in [2.45, 2.75) is 25.3 Å². The first-order chi connectivity index (χ1) is 8.86. The predicted molar refractivity (Wildman–Crippen MR) is 80.7 cm³/mol. The quantitative estimate of drug-likeness (QED) is 0.940. The van der Waals surface area contributed by atoms with E-state index in [2.05, 4.69) is 25.2 Å². The number of hydrogen-bond donors (Lipinski definition) is 1. The number of nitrogens with one attached hydrogen (secondary N) is 1. The fourth-order valence-corrected chi connectivity index (χ4v) is 3.45. The van der Waals surface area contributed by atoms with Gasteiger partial charge in [0.25, 0.3) is 0 Å². The first-order valence-electron chi connectivity index (χ1n) is 5.96. The molecule has 0 atom stereocenters. The molecule has 3 nitrogen and oxygen atoms in total. The van der Waals surface area contributed by atoms with Crippen molar-refractivity contribution in [3.8, 4) is 0 Å². The lowest BCUT2D eigenvalue weighted by atomic mass is 10.2. The van der Waals surface area contributed by atoms with Crippen LogP contribution in [-0.4, -0.2) is 14.7 Å². The highest BCUT2D eigenvalue weighted by Gasteiger charge is 2.06. The molecule has 19 heavy (non-hydrogen) atoms. The van der Waals surface area contributed by atoms with Crippen LogP contribution in [0.5, 0.6) is 0 Å². The summed E-state index contributed by atoms with van der Waals surface area (Å²) in [4.78, 5) is 2.97. The van der Waals surface area contributed by atoms with Gasteiger partial charge in [0.15, 0.2) is 9.84 Å². The Morgan fingerprint density at radius 2 is 1.79 bits per heavy atom. The van der Waals surface area contributed by atoms with Crippen LogP contribution in [0.1, 0.15) is 15.3 Å². The lowest BCUT2D eigenvalue weighted by molar-refractivity contribution is 0.602. The zero-order valence-corrected chi connectivity index (χ0v) is 12.9. The molecule has 102 valence electrons. The highest BCUT2D eigenvalue weighted by atomic mass is 32.2. The van der Waals surface area contributed by atoms with E-state index < -0.39 is 9.84 Å². The third kappa shape index (κ3) is 3.58. The van der Waals surface area contributed by atoms with E-state index in [9.17, 15) is 8.42 Å². The molecule has 1 aromatic heterocycles. The molecule has 0 radical (unpaired) electrons. The molecule has 2 rings (SSSR count). The number of sulfone groups is 1. The molecule has 0 saturated heterocycles. The smallest absolute Gasteiger partial charge is 0.175 e. The van der Waals surface area contributed by atoms with E-state index in [1.807, 2.05) is 0 Å². The second kappa shape index (κ2) is 5.35. The van der Waals surface area contributed by atoms with Crippen molar-refractivity contribution in [3.05, 3.63) is 45.6 Å². The maximum Gasteiger partial charge on any atom is 0.175 e. The average Bonchev–Trinajstić information content (AvgIpc) is 2.65. The second-order valence-electron chi connectivity index (χ2n) is 4.59. The zero-order chi connectivity index (χ0) is 14.0. The molecular formula is C14H17NO2S2. The zero-order valence-electron chi connectivity index (χ0n) is 11.2. The van der Waals surface area contributed by atoms with Crippen LogP contribution in [0.3, 0.4) is 0 Å². The minimum Gasteiger partial charge on any atom is -0.381 e. The van der Waals surface area contributed by atoms with Crippen molar-refractivity contribution in [3.63, 3.8) is 0 Å². The van der Waals surface area contributed by atoms with Gasteiger partial charge in [-0.2, -0.15) is 0 Å². The molecule has 0 bridgehead atoms. The lowest BCUT2D eigenvalue weighted by Gasteiger charge is -2.07. The molecule has 0 amide bonds. The molecular weight excluding hydrogens is 278 g/mol. The van der Waals surface area contributed by atoms with Crippen LogP contribution in [-0.2, 0) is 16.4 Å². The van der Waals surface area contributed by atoms with Gasteiger partial charge in [0, 0.05) is 28.2 Å². The lowest BCUT2D eigenvalue weighted by Crippen LogP contribution is -2.01. The van der Waals surface area contributed by atoms with Gasteiger partial charge in [-0.15, -0.1) is 11.3 Å². The molecule has 0 aliphatic heterocycles. The monoisotopic (exact) mass is 295 g/mol. The molecule has 1 heterocycles. The Kier molecular flexibility index (Phi) is 3.96. The average molecular weight is 295 g/mol. The van der Waals surface area contributed by atoms with Gasteiger partial charge in [0.05, 0.1) is 4.90 Å². The minimum absolute atomic E-state index is 0.348. The Hall–Kier alpha value is -1.33. The van der Waals surface area contributed by atoms with Crippen molar-refractivity contribution in [1.29, 1.82) is 0 Å². The molecule has 0 fully saturated rings. The van der Waals surface area contributed by atoms with Gasteiger partial charge in [0.1, 0.15) is 0 Å². The predicted octanol–water partition coefficient (Wildman–Crippen LogP) is 3.38. The van der Waals surface area contributed by atoms with E-state index in [0.29, 0.717) is 4.90 Å². The Morgan fingerprint density at radius 3 is 2.26 bits per heavy atom. The van der Waals surface area contributed by atoms with E-state index in [-0.39, 0.29) is 0 Å². The summed E-state index contributed by atoms with van der Waals surface area (Å²) in [6.07, 6.45) is 1.22. The largest absolute Gasteiger partial charge is 0.381 e. The van der Waals surface area contributed by atoms with Crippen LogP contribution >= 0.6 is 11.3 Å². The van der Waals surface area contributed by atoms with Crippen LogP contribution in [0.15, 0.2) is 35.2 Å². The Balaban J connectivity index is 2.07. The maximum absolute atomic E-state index is 11.4. The van der Waals surface area contributed by atoms with Gasteiger partial charge in [-0.1, -0.05) is 0 Å². The van der Waals surface area contributed by atoms with Crippen LogP contribution in [0.2, 0.25) is 0 Å². The molecule has 5 heteroatoms. The number of benzene rings is 1. The summed E-state index contributed by atoms with van der Waals surface area (Å²) in [6.45, 7) is 4.97. The Morgan fingerprint density at radius 1 is 1.16 bits per heavy atom. The topological polar surface area (TPSA) is 46.2 Å². The maximum atomic E-state index is 11.4. The molecule has 0 spiro atoms. The van der Waals surface area contributed by atoms with Crippen LogP contribution < -0.4 is 5.32 Å². The van der Waals surface area contributed by atoms with Crippen molar-refractivity contribution >= 4 is 26.9 Å². The van der Waals surface area contributed by atoms with Gasteiger partial charge in [-0.3, -0.25) is 0 Å². The first kappa shape index (κ1) is 14.1. The molecule has 1 N–H and O–H groups in total. The summed E-state index contributed by atoms with van der Waals surface area (Å²) in [5.41, 5.74) is 2.21. The Labute approximate surface area is 118 Å².